The molecule has 1 atom stereocenters. The number of nitrogens with one attached hydrogen (secondary N) is 3. The first-order valence-electron chi connectivity index (χ1n) is 10.2. The Bertz CT molecular complexity index is 1120. The van der Waals surface area contributed by atoms with Crippen molar-refractivity contribution in [2.45, 2.75) is 37.6 Å². The van der Waals surface area contributed by atoms with Crippen LogP contribution in [0.4, 0.5) is 9.59 Å². The number of fused-ring (bicyclic) bond motifs is 1. The number of benzene rings is 1. The van der Waals surface area contributed by atoms with Crippen molar-refractivity contribution in [1.82, 2.24) is 19.7 Å². The van der Waals surface area contributed by atoms with E-state index in [0.29, 0.717) is 35.3 Å². The number of urea groups is 1. The number of amides is 4. The third-order valence-corrected chi connectivity index (χ3v) is 7.27. The predicted molar refractivity (Wildman–Crippen MR) is 122 cm³/mol. The summed E-state index contributed by atoms with van der Waals surface area (Å²) in [5, 5.41) is 1.98. The van der Waals surface area contributed by atoms with Gasteiger partial charge in [-0.25, -0.2) is 17.9 Å². The highest BCUT2D eigenvalue weighted by atomic mass is 32.2. The zero-order valence-corrected chi connectivity index (χ0v) is 20.3. The fourth-order valence-electron chi connectivity index (χ4n) is 3.75. The van der Waals surface area contributed by atoms with Crippen LogP contribution in [0.25, 0.3) is 0 Å². The van der Waals surface area contributed by atoms with E-state index in [1.165, 1.54) is 26.3 Å². The monoisotopic (exact) mass is 498 g/mol. The molecule has 11 nitrogen and oxygen atoms in total. The van der Waals surface area contributed by atoms with Gasteiger partial charge < -0.3 is 14.8 Å². The summed E-state index contributed by atoms with van der Waals surface area (Å²) in [6.07, 6.45) is 0.818. The fraction of sp³-hybridized carbons (Fsp3) is 0.450. The second kappa shape index (κ2) is 10.0. The van der Waals surface area contributed by atoms with Crippen LogP contribution < -0.4 is 24.2 Å². The van der Waals surface area contributed by atoms with Crippen molar-refractivity contribution in [3.63, 3.8) is 0 Å². The Morgan fingerprint density at radius 3 is 2.67 bits per heavy atom. The molecule has 0 radical (unpaired) electrons. The molecule has 0 saturated heterocycles. The van der Waals surface area contributed by atoms with Gasteiger partial charge in [0.05, 0.1) is 19.7 Å². The van der Waals surface area contributed by atoms with E-state index >= 15 is 0 Å². The summed E-state index contributed by atoms with van der Waals surface area (Å²) in [4.78, 5) is 37.8. The van der Waals surface area contributed by atoms with Crippen LogP contribution in [-0.4, -0.2) is 63.8 Å². The molecular weight excluding hydrogens is 472 g/mol. The van der Waals surface area contributed by atoms with Gasteiger partial charge in [-0.2, -0.15) is 0 Å². The van der Waals surface area contributed by atoms with Crippen LogP contribution in [0, 0.1) is 0 Å². The molecule has 3 N–H and O–H groups in total. The smallest absolute Gasteiger partial charge is 0.325 e. The van der Waals surface area contributed by atoms with Gasteiger partial charge in [0, 0.05) is 23.6 Å². The summed E-state index contributed by atoms with van der Waals surface area (Å²) in [6.45, 7) is 4.07. The average Bonchev–Trinajstić information content (AvgIpc) is 3.05. The molecule has 1 unspecified atom stereocenters. The molecule has 2 aliphatic rings. The van der Waals surface area contributed by atoms with E-state index in [9.17, 15) is 22.8 Å². The largest absolute Gasteiger partial charge is 0.495 e. The Morgan fingerprint density at radius 2 is 2.06 bits per heavy atom. The van der Waals surface area contributed by atoms with Crippen molar-refractivity contribution in [3.05, 3.63) is 28.8 Å². The summed E-state index contributed by atoms with van der Waals surface area (Å²) >= 11 is 0.588. The highest BCUT2D eigenvalue weighted by molar-refractivity contribution is 8.13. The highest BCUT2D eigenvalue weighted by Crippen LogP contribution is 2.35. The maximum atomic E-state index is 12.7. The average molecular weight is 499 g/mol. The van der Waals surface area contributed by atoms with Crippen LogP contribution in [0.2, 0.25) is 0 Å². The Hall–Kier alpha value is -2.77. The molecule has 0 spiro atoms. The number of rotatable bonds is 6. The number of carbonyl (C=O) groups excluding carboxylic acids is 3. The van der Waals surface area contributed by atoms with Crippen LogP contribution in [0.15, 0.2) is 28.2 Å². The van der Waals surface area contributed by atoms with E-state index in [1.807, 2.05) is 18.6 Å². The minimum absolute atomic E-state index is 0.0160. The van der Waals surface area contributed by atoms with E-state index < -0.39 is 27.3 Å². The molecule has 4 amide bonds. The summed E-state index contributed by atoms with van der Waals surface area (Å²) in [5.74, 6) is 0.121. The molecule has 33 heavy (non-hydrogen) atoms. The summed E-state index contributed by atoms with van der Waals surface area (Å²) < 4.78 is 40.8. The van der Waals surface area contributed by atoms with Crippen LogP contribution in [0.3, 0.4) is 0 Å². The summed E-state index contributed by atoms with van der Waals surface area (Å²) in [6, 6.07) is 1.77. The van der Waals surface area contributed by atoms with Crippen molar-refractivity contribution in [2.24, 2.45) is 0 Å². The van der Waals surface area contributed by atoms with Crippen molar-refractivity contribution in [1.29, 1.82) is 0 Å². The lowest BCUT2D eigenvalue weighted by Crippen LogP contribution is -2.49. The number of nitrogens with zero attached hydrogens (tertiary/aromatic N) is 1. The van der Waals surface area contributed by atoms with Crippen molar-refractivity contribution in [2.75, 3.05) is 27.3 Å². The van der Waals surface area contributed by atoms with Gasteiger partial charge in [-0.15, -0.1) is 0 Å². The molecule has 1 aromatic rings. The van der Waals surface area contributed by atoms with E-state index in [0.717, 1.165) is 10.5 Å². The lowest BCUT2D eigenvalue weighted by Gasteiger charge is -2.28. The van der Waals surface area contributed by atoms with Gasteiger partial charge in [0.15, 0.2) is 0 Å². The van der Waals surface area contributed by atoms with Gasteiger partial charge in [0.25, 0.3) is 15.9 Å². The number of hydrogen-bond donors (Lipinski definition) is 3. The molecule has 0 bridgehead atoms. The second-order valence-electron chi connectivity index (χ2n) is 7.48. The van der Waals surface area contributed by atoms with Gasteiger partial charge in [0.2, 0.25) is 0 Å². The maximum absolute atomic E-state index is 12.7. The van der Waals surface area contributed by atoms with Crippen LogP contribution in [0.5, 0.6) is 11.5 Å². The highest BCUT2D eigenvalue weighted by Gasteiger charge is 2.34. The van der Waals surface area contributed by atoms with Crippen LogP contribution in [-0.2, 0) is 21.2 Å². The number of methoxy groups -OCH3 is 1. The molecule has 2 aliphatic heterocycles. The fourth-order valence-corrected chi connectivity index (χ4v) is 5.47. The van der Waals surface area contributed by atoms with Crippen LogP contribution in [0.1, 0.15) is 25.8 Å². The first-order valence-corrected chi connectivity index (χ1v) is 12.5. The van der Waals surface area contributed by atoms with E-state index in [-0.39, 0.29) is 36.1 Å². The first kappa shape index (κ1) is 24.9. The van der Waals surface area contributed by atoms with Gasteiger partial charge in [-0.1, -0.05) is 6.92 Å². The Morgan fingerprint density at radius 1 is 1.33 bits per heavy atom. The van der Waals surface area contributed by atoms with Crippen molar-refractivity contribution in [3.8, 4) is 11.5 Å². The third-order valence-electron chi connectivity index (χ3n) is 5.30. The van der Waals surface area contributed by atoms with Crippen LogP contribution >= 0.6 is 11.9 Å². The maximum Gasteiger partial charge on any atom is 0.325 e. The van der Waals surface area contributed by atoms with E-state index in [1.54, 1.807) is 0 Å². The SMILES string of the molecule is CCC1=C(C)CN(C(=O)NC2COc3cc(OC)c(S(=O)(=O)NC(=O)SNC)cc3C2)C1=O. The summed E-state index contributed by atoms with van der Waals surface area (Å²) in [5.41, 5.74) is 2.01. The van der Waals surface area contributed by atoms with Crippen molar-refractivity contribution >= 4 is 39.1 Å². The molecule has 3 rings (SSSR count). The predicted octanol–water partition coefficient (Wildman–Crippen LogP) is 1.54. The molecule has 0 aliphatic carbocycles. The minimum Gasteiger partial charge on any atom is -0.495 e. The number of ether oxygens (including phenoxy) is 2. The molecule has 0 aromatic heterocycles. The normalized spacial score (nSPS) is 18.0. The standard InChI is InChI=1S/C20H26N4O7S2/c1-5-14-11(2)9-24(18(14)25)19(26)22-13-6-12-7-17(16(30-4)8-15(12)31-10-13)33(28,29)23-20(27)32-21-3/h7-8,13,21H,5-6,9-10H2,1-4H3,(H,22,26)(H,23,27). The summed E-state index contributed by atoms with van der Waals surface area (Å²) in [7, 11) is -1.43. The third kappa shape index (κ3) is 5.25. The van der Waals surface area contributed by atoms with Gasteiger partial charge >= 0.3 is 11.3 Å². The second-order valence-corrected chi connectivity index (χ2v) is 10.1. The quantitative estimate of drug-likeness (QED) is 0.498. The van der Waals surface area contributed by atoms with Crippen molar-refractivity contribution < 1.29 is 32.3 Å². The van der Waals surface area contributed by atoms with Gasteiger partial charge in [-0.05, 0) is 44.0 Å². The topological polar surface area (TPSA) is 143 Å². The molecule has 0 fully saturated rings. The first-order chi connectivity index (χ1) is 15.6. The number of sulfonamides is 1. The molecule has 13 heteroatoms. The number of carbonyl (C=O) groups is 3. The molecule has 0 saturated carbocycles. The zero-order chi connectivity index (χ0) is 24.3. The Labute approximate surface area is 196 Å². The molecule has 2 heterocycles. The van der Waals surface area contributed by atoms with E-state index in [4.69, 9.17) is 9.47 Å². The number of hydrogen-bond acceptors (Lipinski definition) is 9. The van der Waals surface area contributed by atoms with Gasteiger partial charge in [0.1, 0.15) is 23.0 Å². The van der Waals surface area contributed by atoms with E-state index in [2.05, 4.69) is 10.0 Å². The molecule has 180 valence electrons. The Kier molecular flexibility index (Phi) is 7.55. The molecular formula is C20H26N4O7S2. The van der Waals surface area contributed by atoms with Gasteiger partial charge in [-0.3, -0.25) is 19.2 Å². The minimum atomic E-state index is -4.22. The molecule has 1 aromatic carbocycles. The zero-order valence-electron chi connectivity index (χ0n) is 18.7. The Balaban J connectivity index is 1.77. The lowest BCUT2D eigenvalue weighted by atomic mass is 10.0. The number of imide groups is 1. The lowest BCUT2D eigenvalue weighted by molar-refractivity contribution is -0.123.